The summed E-state index contributed by atoms with van der Waals surface area (Å²) in [5.41, 5.74) is 1.13. The van der Waals surface area contributed by atoms with Gasteiger partial charge in [-0.3, -0.25) is 0 Å². The van der Waals surface area contributed by atoms with Crippen LogP contribution >= 0.6 is 0 Å². The summed E-state index contributed by atoms with van der Waals surface area (Å²) in [6.07, 6.45) is 3.37. The van der Waals surface area contributed by atoms with Crippen LogP contribution in [0, 0.1) is 0 Å². The van der Waals surface area contributed by atoms with Crippen LogP contribution in [0.5, 0.6) is 17.4 Å². The molecule has 0 amide bonds. The molecule has 0 bridgehead atoms. The van der Waals surface area contributed by atoms with Crippen molar-refractivity contribution < 1.29 is 9.47 Å². The number of methoxy groups -OCH3 is 1. The lowest BCUT2D eigenvalue weighted by molar-refractivity contribution is 0.367. The van der Waals surface area contributed by atoms with Crippen molar-refractivity contribution in [1.29, 1.82) is 0 Å². The lowest BCUT2D eigenvalue weighted by Gasteiger charge is -2.14. The van der Waals surface area contributed by atoms with Crippen LogP contribution in [0.1, 0.15) is 25.8 Å². The zero-order valence-electron chi connectivity index (χ0n) is 12.7. The van der Waals surface area contributed by atoms with Crippen molar-refractivity contribution in [3.63, 3.8) is 0 Å². The van der Waals surface area contributed by atoms with E-state index in [9.17, 15) is 0 Å². The predicted octanol–water partition coefficient (Wildman–Crippen LogP) is 3.66. The number of para-hydroxylation sites is 1. The average molecular weight is 287 g/mol. The second kappa shape index (κ2) is 7.47. The molecule has 1 aromatic carbocycles. The summed E-state index contributed by atoms with van der Waals surface area (Å²) in [4.78, 5) is 8.40. The summed E-state index contributed by atoms with van der Waals surface area (Å²) in [6.45, 7) is 5.00. The van der Waals surface area contributed by atoms with E-state index in [0.717, 1.165) is 30.7 Å². The van der Waals surface area contributed by atoms with Gasteiger partial charge in [0.1, 0.15) is 12.1 Å². The van der Waals surface area contributed by atoms with Crippen molar-refractivity contribution in [1.82, 2.24) is 9.97 Å². The molecular weight excluding hydrogens is 266 g/mol. The number of ether oxygens (including phenoxy) is 2. The number of aryl methyl sites for hydroxylation is 1. The van der Waals surface area contributed by atoms with Crippen molar-refractivity contribution in [3.8, 4) is 17.4 Å². The summed E-state index contributed by atoms with van der Waals surface area (Å²) in [5.74, 6) is 2.39. The SMILES string of the molecule is CCCNc1ncnc(Oc2ccccc2CC)c1OC. The maximum Gasteiger partial charge on any atom is 0.268 e. The van der Waals surface area contributed by atoms with Crippen molar-refractivity contribution in [2.75, 3.05) is 19.0 Å². The normalized spacial score (nSPS) is 10.2. The molecule has 0 saturated heterocycles. The first kappa shape index (κ1) is 15.1. The van der Waals surface area contributed by atoms with E-state index in [1.54, 1.807) is 7.11 Å². The highest BCUT2D eigenvalue weighted by atomic mass is 16.5. The number of hydrogen-bond donors (Lipinski definition) is 1. The zero-order chi connectivity index (χ0) is 15.1. The van der Waals surface area contributed by atoms with Crippen molar-refractivity contribution >= 4 is 5.82 Å². The minimum absolute atomic E-state index is 0.423. The lowest BCUT2D eigenvalue weighted by Crippen LogP contribution is -2.06. The van der Waals surface area contributed by atoms with Crippen molar-refractivity contribution in [2.24, 2.45) is 0 Å². The smallest absolute Gasteiger partial charge is 0.268 e. The fourth-order valence-electron chi connectivity index (χ4n) is 1.98. The molecule has 0 atom stereocenters. The summed E-state index contributed by atoms with van der Waals surface area (Å²) in [6, 6.07) is 7.91. The van der Waals surface area contributed by atoms with Gasteiger partial charge in [-0.15, -0.1) is 0 Å². The molecule has 21 heavy (non-hydrogen) atoms. The van der Waals surface area contributed by atoms with Gasteiger partial charge in [-0.2, -0.15) is 4.98 Å². The minimum Gasteiger partial charge on any atom is -0.489 e. The molecule has 0 unspecified atom stereocenters. The van der Waals surface area contributed by atoms with Gasteiger partial charge in [-0.1, -0.05) is 32.0 Å². The van der Waals surface area contributed by atoms with Gasteiger partial charge in [-0.25, -0.2) is 4.98 Å². The predicted molar refractivity (Wildman–Crippen MR) is 83.3 cm³/mol. The Morgan fingerprint density at radius 3 is 2.67 bits per heavy atom. The largest absolute Gasteiger partial charge is 0.489 e. The number of rotatable bonds is 7. The molecule has 0 aliphatic carbocycles. The maximum absolute atomic E-state index is 5.93. The monoisotopic (exact) mass is 287 g/mol. The van der Waals surface area contributed by atoms with E-state index < -0.39 is 0 Å². The number of hydrogen-bond acceptors (Lipinski definition) is 5. The molecule has 112 valence electrons. The van der Waals surface area contributed by atoms with Crippen LogP contribution in [0.4, 0.5) is 5.82 Å². The van der Waals surface area contributed by atoms with E-state index in [1.165, 1.54) is 6.33 Å². The topological polar surface area (TPSA) is 56.3 Å². The molecule has 2 rings (SSSR count). The van der Waals surface area contributed by atoms with E-state index in [4.69, 9.17) is 9.47 Å². The van der Waals surface area contributed by atoms with Crippen LogP contribution < -0.4 is 14.8 Å². The Bertz CT molecular complexity index is 587. The molecule has 0 fully saturated rings. The van der Waals surface area contributed by atoms with Gasteiger partial charge in [0, 0.05) is 6.54 Å². The van der Waals surface area contributed by atoms with Gasteiger partial charge in [-0.05, 0) is 24.5 Å². The fourth-order valence-corrected chi connectivity index (χ4v) is 1.98. The van der Waals surface area contributed by atoms with Crippen molar-refractivity contribution in [3.05, 3.63) is 36.2 Å². The Morgan fingerprint density at radius 2 is 1.95 bits per heavy atom. The molecule has 5 heteroatoms. The standard InChI is InChI=1S/C16H21N3O2/c1-4-10-17-15-14(20-3)16(19-11-18-15)21-13-9-7-6-8-12(13)5-2/h6-9,11H,4-5,10H2,1-3H3,(H,17,18,19). The van der Waals surface area contributed by atoms with Gasteiger partial charge in [0.25, 0.3) is 5.88 Å². The molecule has 0 spiro atoms. The molecule has 1 aromatic heterocycles. The van der Waals surface area contributed by atoms with Gasteiger partial charge in [0.15, 0.2) is 5.82 Å². The summed E-state index contributed by atoms with van der Waals surface area (Å²) >= 11 is 0. The Balaban J connectivity index is 2.31. The molecule has 5 nitrogen and oxygen atoms in total. The highest BCUT2D eigenvalue weighted by Gasteiger charge is 2.15. The fraction of sp³-hybridized carbons (Fsp3) is 0.375. The highest BCUT2D eigenvalue weighted by molar-refractivity contribution is 5.56. The van der Waals surface area contributed by atoms with Crippen LogP contribution in [-0.4, -0.2) is 23.6 Å². The molecule has 0 aliphatic heterocycles. The molecule has 0 aliphatic rings. The third kappa shape index (κ3) is 3.62. The van der Waals surface area contributed by atoms with Crippen LogP contribution in [0.25, 0.3) is 0 Å². The van der Waals surface area contributed by atoms with Crippen LogP contribution in [0.15, 0.2) is 30.6 Å². The number of nitrogens with zero attached hydrogens (tertiary/aromatic N) is 2. The quantitative estimate of drug-likeness (QED) is 0.842. The van der Waals surface area contributed by atoms with Crippen LogP contribution in [0.2, 0.25) is 0 Å². The Labute approximate surface area is 125 Å². The number of aromatic nitrogens is 2. The summed E-state index contributed by atoms with van der Waals surface area (Å²) < 4.78 is 11.3. The zero-order valence-corrected chi connectivity index (χ0v) is 12.7. The van der Waals surface area contributed by atoms with Gasteiger partial charge in [0.2, 0.25) is 5.75 Å². The third-order valence-electron chi connectivity index (χ3n) is 3.08. The molecule has 1 heterocycles. The van der Waals surface area contributed by atoms with Crippen molar-refractivity contribution in [2.45, 2.75) is 26.7 Å². The van der Waals surface area contributed by atoms with E-state index in [0.29, 0.717) is 17.4 Å². The van der Waals surface area contributed by atoms with E-state index in [-0.39, 0.29) is 0 Å². The van der Waals surface area contributed by atoms with Gasteiger partial charge < -0.3 is 14.8 Å². The molecular formula is C16H21N3O2. The second-order valence-electron chi connectivity index (χ2n) is 4.55. The molecule has 2 aromatic rings. The maximum atomic E-state index is 5.93. The van der Waals surface area contributed by atoms with Crippen LogP contribution in [-0.2, 0) is 6.42 Å². The first-order chi connectivity index (χ1) is 10.3. The average Bonchev–Trinajstić information content (AvgIpc) is 2.53. The highest BCUT2D eigenvalue weighted by Crippen LogP contribution is 2.35. The first-order valence-electron chi connectivity index (χ1n) is 7.18. The van der Waals surface area contributed by atoms with E-state index >= 15 is 0 Å². The van der Waals surface area contributed by atoms with E-state index in [2.05, 4.69) is 29.1 Å². The Hall–Kier alpha value is -2.30. The van der Waals surface area contributed by atoms with Gasteiger partial charge >= 0.3 is 0 Å². The molecule has 1 N–H and O–H groups in total. The summed E-state index contributed by atoms with van der Waals surface area (Å²) in [5, 5.41) is 3.21. The Kier molecular flexibility index (Phi) is 5.37. The lowest BCUT2D eigenvalue weighted by atomic mass is 10.1. The number of nitrogens with one attached hydrogen (secondary N) is 1. The number of benzene rings is 1. The minimum atomic E-state index is 0.423. The Morgan fingerprint density at radius 1 is 1.14 bits per heavy atom. The van der Waals surface area contributed by atoms with E-state index in [1.807, 2.05) is 24.3 Å². The molecule has 0 saturated carbocycles. The second-order valence-corrected chi connectivity index (χ2v) is 4.55. The van der Waals surface area contributed by atoms with Crippen LogP contribution in [0.3, 0.4) is 0 Å². The number of anilines is 1. The van der Waals surface area contributed by atoms with Gasteiger partial charge in [0.05, 0.1) is 7.11 Å². The molecule has 0 radical (unpaired) electrons. The summed E-state index contributed by atoms with van der Waals surface area (Å²) in [7, 11) is 1.59. The first-order valence-corrected chi connectivity index (χ1v) is 7.18. The third-order valence-corrected chi connectivity index (χ3v) is 3.08.